The Morgan fingerprint density at radius 2 is 1.78 bits per heavy atom. The monoisotopic (exact) mass is 333 g/mol. The molecule has 124 valence electrons. The molecular formula is C17H23N3O2S. The lowest BCUT2D eigenvalue weighted by Crippen LogP contribution is -2.32. The largest absolute Gasteiger partial charge is 0.320 e. The first-order chi connectivity index (χ1) is 11.1. The van der Waals surface area contributed by atoms with Crippen molar-refractivity contribution in [2.75, 3.05) is 28.7 Å². The van der Waals surface area contributed by atoms with Crippen molar-refractivity contribution in [1.29, 1.82) is 0 Å². The van der Waals surface area contributed by atoms with Crippen molar-refractivity contribution in [3.8, 4) is 0 Å². The second-order valence-corrected chi connectivity index (χ2v) is 7.46. The number of nitrogens with zero attached hydrogens (tertiary/aromatic N) is 2. The number of aryl methyl sites for hydroxylation is 1. The average Bonchev–Trinajstić information content (AvgIpc) is 2.75. The van der Waals surface area contributed by atoms with E-state index in [-0.39, 0.29) is 0 Å². The second kappa shape index (κ2) is 6.41. The van der Waals surface area contributed by atoms with E-state index < -0.39 is 11.0 Å². The molecule has 0 fully saturated rings. The summed E-state index contributed by atoms with van der Waals surface area (Å²) in [6, 6.07) is 15.5. The quantitative estimate of drug-likeness (QED) is 0.718. The van der Waals surface area contributed by atoms with E-state index in [4.69, 9.17) is 0 Å². The van der Waals surface area contributed by atoms with E-state index >= 15 is 0 Å². The zero-order valence-electron chi connectivity index (χ0n) is 13.4. The maximum absolute atomic E-state index is 10.9. The Bertz CT molecular complexity index is 679. The lowest BCUT2D eigenvalue weighted by Gasteiger charge is -2.43. The first-order valence-corrected chi connectivity index (χ1v) is 9.18. The average molecular weight is 333 g/mol. The van der Waals surface area contributed by atoms with E-state index in [1.54, 1.807) is 8.61 Å². The van der Waals surface area contributed by atoms with Gasteiger partial charge in [-0.15, -0.1) is 0 Å². The van der Waals surface area contributed by atoms with E-state index in [1.165, 1.54) is 0 Å². The summed E-state index contributed by atoms with van der Waals surface area (Å²) in [4.78, 5) is 0. The van der Waals surface area contributed by atoms with Crippen molar-refractivity contribution in [2.24, 2.45) is 0 Å². The third kappa shape index (κ3) is 2.90. The Labute approximate surface area is 139 Å². The summed E-state index contributed by atoms with van der Waals surface area (Å²) in [7, 11) is -1.20. The molecule has 0 unspecified atom stereocenters. The van der Waals surface area contributed by atoms with Gasteiger partial charge in [0.05, 0.1) is 17.1 Å². The Hall–Kier alpha value is -1.73. The second-order valence-electron chi connectivity index (χ2n) is 5.67. The van der Waals surface area contributed by atoms with Crippen molar-refractivity contribution in [1.82, 2.24) is 5.32 Å². The van der Waals surface area contributed by atoms with Crippen LogP contribution in [-0.2, 0) is 0 Å². The molecule has 0 radical (unpaired) electrons. The molecule has 0 aliphatic carbocycles. The molecule has 23 heavy (non-hydrogen) atoms. The highest BCUT2D eigenvalue weighted by Gasteiger charge is 2.41. The summed E-state index contributed by atoms with van der Waals surface area (Å²) in [6.07, 6.45) is 0.836. The van der Waals surface area contributed by atoms with Gasteiger partial charge in [-0.05, 0) is 67.7 Å². The van der Waals surface area contributed by atoms with Gasteiger partial charge in [-0.25, -0.2) is 4.31 Å². The van der Waals surface area contributed by atoms with Crippen molar-refractivity contribution < 1.29 is 9.11 Å². The molecule has 0 atom stereocenters. The fourth-order valence-electron chi connectivity index (χ4n) is 2.85. The third-order valence-electron chi connectivity index (χ3n) is 3.94. The highest BCUT2D eigenvalue weighted by atomic mass is 32.3. The topological polar surface area (TPSA) is 59.0 Å². The molecule has 0 spiro atoms. The van der Waals surface area contributed by atoms with Crippen LogP contribution < -0.4 is 13.9 Å². The van der Waals surface area contributed by atoms with Crippen LogP contribution in [0, 0.1) is 6.92 Å². The van der Waals surface area contributed by atoms with E-state index in [2.05, 4.69) is 5.32 Å². The minimum absolute atomic E-state index is 0.586. The maximum Gasteiger partial charge on any atom is 0.0896 e. The van der Waals surface area contributed by atoms with Gasteiger partial charge in [0.2, 0.25) is 0 Å². The first kappa shape index (κ1) is 16.1. The molecule has 2 aromatic rings. The molecule has 2 aromatic carbocycles. The van der Waals surface area contributed by atoms with Gasteiger partial charge in [0.1, 0.15) is 0 Å². The number of hydrogen-bond acceptors (Lipinski definition) is 5. The summed E-state index contributed by atoms with van der Waals surface area (Å²) >= 11 is 0. The van der Waals surface area contributed by atoms with E-state index in [1.807, 2.05) is 62.5 Å². The molecule has 0 bridgehead atoms. The van der Waals surface area contributed by atoms with Gasteiger partial charge in [0.25, 0.3) is 0 Å². The number of fused-ring (bicyclic) bond motifs is 1. The molecular weight excluding hydrogens is 310 g/mol. The van der Waals surface area contributed by atoms with Crippen molar-refractivity contribution in [3.05, 3.63) is 54.1 Å². The number of benzene rings is 2. The third-order valence-corrected chi connectivity index (χ3v) is 5.81. The normalized spacial score (nSPS) is 17.2. The fraction of sp³-hybridized carbons (Fsp3) is 0.294. The Kier molecular flexibility index (Phi) is 4.50. The van der Waals surface area contributed by atoms with Crippen LogP contribution in [0.3, 0.4) is 0 Å². The first-order valence-electron chi connectivity index (χ1n) is 7.72. The van der Waals surface area contributed by atoms with Crippen LogP contribution in [-0.4, -0.2) is 29.2 Å². The molecule has 1 heterocycles. The molecule has 3 rings (SSSR count). The van der Waals surface area contributed by atoms with Gasteiger partial charge in [-0.2, -0.15) is 0 Å². The summed E-state index contributed by atoms with van der Waals surface area (Å²) in [5, 5.41) is 3.10. The van der Waals surface area contributed by atoms with Crippen LogP contribution in [0.5, 0.6) is 0 Å². The minimum atomic E-state index is -3.10. The molecule has 0 aromatic heterocycles. The number of para-hydroxylation sites is 1. The zero-order chi connectivity index (χ0) is 16.4. The molecule has 3 N–H and O–H groups in total. The maximum atomic E-state index is 10.9. The summed E-state index contributed by atoms with van der Waals surface area (Å²) in [6.45, 7) is 3.43. The molecule has 1 aliphatic heterocycles. The van der Waals surface area contributed by atoms with Crippen molar-refractivity contribution in [2.45, 2.75) is 13.3 Å². The predicted octanol–water partition coefficient (Wildman–Crippen LogP) is 4.14. The molecule has 0 saturated heterocycles. The number of anilines is 3. The molecule has 1 aliphatic rings. The molecule has 5 nitrogen and oxygen atoms in total. The lowest BCUT2D eigenvalue weighted by atomic mass is 10.1. The van der Waals surface area contributed by atoms with E-state index in [0.29, 0.717) is 6.54 Å². The Morgan fingerprint density at radius 3 is 2.48 bits per heavy atom. The van der Waals surface area contributed by atoms with Gasteiger partial charge < -0.3 is 5.32 Å². The van der Waals surface area contributed by atoms with Gasteiger partial charge >= 0.3 is 0 Å². The van der Waals surface area contributed by atoms with Crippen LogP contribution in [0.2, 0.25) is 0 Å². The van der Waals surface area contributed by atoms with Crippen molar-refractivity contribution >= 4 is 28.0 Å². The number of rotatable bonds is 5. The number of nitrogens with one attached hydrogen (secondary N) is 1. The van der Waals surface area contributed by atoms with Crippen LogP contribution in [0.15, 0.2) is 48.5 Å². The van der Waals surface area contributed by atoms with Crippen molar-refractivity contribution in [3.63, 3.8) is 0 Å². The smallest absolute Gasteiger partial charge is 0.0896 e. The SMILES string of the molecule is CNCCCN1c2cc(C)ccc2N(c2ccccc2)S1(O)O. The Balaban J connectivity index is 2.05. The highest BCUT2D eigenvalue weighted by Crippen LogP contribution is 2.64. The van der Waals surface area contributed by atoms with Gasteiger partial charge in [-0.3, -0.25) is 13.4 Å². The van der Waals surface area contributed by atoms with E-state index in [9.17, 15) is 9.11 Å². The molecule has 0 saturated carbocycles. The predicted molar refractivity (Wildman–Crippen MR) is 98.5 cm³/mol. The Morgan fingerprint density at radius 1 is 1.04 bits per heavy atom. The van der Waals surface area contributed by atoms with Crippen LogP contribution in [0.4, 0.5) is 17.1 Å². The molecule has 0 amide bonds. The summed E-state index contributed by atoms with van der Waals surface area (Å²) < 4.78 is 25.3. The standard InChI is InChI=1S/C17H23N3O2S/c1-14-9-10-16-17(13-14)19(12-6-11-18-2)23(21,22)20(16)15-7-4-3-5-8-15/h3-5,7-10,13,18,21-22H,6,11-12H2,1-2H3. The van der Waals surface area contributed by atoms with E-state index in [0.717, 1.165) is 35.6 Å². The summed E-state index contributed by atoms with van der Waals surface area (Å²) in [5.74, 6) is 0. The minimum Gasteiger partial charge on any atom is -0.320 e. The van der Waals surface area contributed by atoms with Gasteiger partial charge in [0.15, 0.2) is 0 Å². The fourth-order valence-corrected chi connectivity index (χ4v) is 4.66. The van der Waals surface area contributed by atoms with Crippen LogP contribution >= 0.6 is 11.0 Å². The highest BCUT2D eigenvalue weighted by molar-refractivity contribution is 8.27. The van der Waals surface area contributed by atoms with Gasteiger partial charge in [-0.1, -0.05) is 24.3 Å². The van der Waals surface area contributed by atoms with Crippen LogP contribution in [0.25, 0.3) is 0 Å². The summed E-state index contributed by atoms with van der Waals surface area (Å²) in [5.41, 5.74) is 3.61. The number of hydrogen-bond donors (Lipinski definition) is 3. The lowest BCUT2D eigenvalue weighted by molar-refractivity contribution is 0.483. The van der Waals surface area contributed by atoms with Gasteiger partial charge in [0, 0.05) is 6.54 Å². The zero-order valence-corrected chi connectivity index (χ0v) is 14.3. The molecule has 6 heteroatoms. The van der Waals surface area contributed by atoms with Crippen LogP contribution in [0.1, 0.15) is 12.0 Å².